The van der Waals surface area contributed by atoms with Gasteiger partial charge in [0.15, 0.2) is 0 Å². The molecule has 0 aliphatic carbocycles. The van der Waals surface area contributed by atoms with E-state index in [0.29, 0.717) is 5.75 Å². The van der Waals surface area contributed by atoms with Crippen LogP contribution >= 0.6 is 0 Å². The van der Waals surface area contributed by atoms with Crippen molar-refractivity contribution in [1.29, 1.82) is 5.26 Å². The maximum Gasteiger partial charge on any atom is 0.339 e. The summed E-state index contributed by atoms with van der Waals surface area (Å²) in [7, 11) is 1.20. The van der Waals surface area contributed by atoms with Crippen LogP contribution in [0.1, 0.15) is 15.9 Å². The van der Waals surface area contributed by atoms with Gasteiger partial charge in [-0.05, 0) is 29.0 Å². The van der Waals surface area contributed by atoms with E-state index in [1.54, 1.807) is 12.1 Å². The summed E-state index contributed by atoms with van der Waals surface area (Å²) in [5.41, 5.74) is -0.744. The number of benzene rings is 2. The zero-order valence-corrected chi connectivity index (χ0v) is 15.2. The molecule has 0 saturated carbocycles. The minimum absolute atomic E-state index is 0.0568. The van der Waals surface area contributed by atoms with E-state index in [2.05, 4.69) is 4.74 Å². The van der Waals surface area contributed by atoms with Crippen molar-refractivity contribution in [2.24, 2.45) is 0 Å². The Hall–Kier alpha value is -3.63. The van der Waals surface area contributed by atoms with Crippen molar-refractivity contribution >= 4 is 16.7 Å². The average molecular weight is 378 g/mol. The minimum atomic E-state index is -1.02. The maximum atomic E-state index is 12.3. The number of esters is 1. The topological polar surface area (TPSA) is 102 Å². The Morgan fingerprint density at radius 3 is 2.68 bits per heavy atom. The summed E-state index contributed by atoms with van der Waals surface area (Å²) in [6.07, 6.45) is 0.234. The van der Waals surface area contributed by atoms with Gasteiger partial charge in [0.2, 0.25) is 0 Å². The van der Waals surface area contributed by atoms with Gasteiger partial charge in [-0.15, -0.1) is 0 Å². The number of aliphatic hydroxyl groups excluding tert-OH is 1. The molecule has 3 aromatic rings. The number of aromatic nitrogens is 1. The molecule has 1 aromatic heterocycles. The number of nitriles is 1. The van der Waals surface area contributed by atoms with Crippen molar-refractivity contribution in [3.05, 3.63) is 76.2 Å². The normalized spacial score (nSPS) is 11.6. The van der Waals surface area contributed by atoms with Gasteiger partial charge >= 0.3 is 5.97 Å². The van der Waals surface area contributed by atoms with Crippen LogP contribution < -0.4 is 10.3 Å². The number of pyridine rings is 1. The lowest BCUT2D eigenvalue weighted by Gasteiger charge is -2.15. The highest BCUT2D eigenvalue weighted by Crippen LogP contribution is 2.20. The minimum Gasteiger partial charge on any atom is -0.491 e. The zero-order valence-electron chi connectivity index (χ0n) is 15.2. The standard InChI is InChI=1S/C21H18N2O5/c1-27-21(26)17-8-16(10-22)20(25)23(11-17)12-18(24)13-28-19-7-6-14-4-2-3-5-15(14)9-19/h2-9,11,18,24H,12-13H2,1H3. The van der Waals surface area contributed by atoms with Gasteiger partial charge in [-0.3, -0.25) is 4.79 Å². The molecule has 142 valence electrons. The second kappa shape index (κ2) is 8.37. The fourth-order valence-electron chi connectivity index (χ4n) is 2.81. The lowest BCUT2D eigenvalue weighted by Crippen LogP contribution is -2.32. The van der Waals surface area contributed by atoms with Crippen molar-refractivity contribution in [3.63, 3.8) is 0 Å². The molecule has 0 aliphatic heterocycles. The van der Waals surface area contributed by atoms with Gasteiger partial charge in [-0.2, -0.15) is 5.26 Å². The second-order valence-electron chi connectivity index (χ2n) is 6.18. The van der Waals surface area contributed by atoms with Crippen LogP contribution in [0, 0.1) is 11.3 Å². The van der Waals surface area contributed by atoms with E-state index in [1.165, 1.54) is 19.4 Å². The van der Waals surface area contributed by atoms with E-state index in [9.17, 15) is 14.7 Å². The number of hydrogen-bond acceptors (Lipinski definition) is 6. The van der Waals surface area contributed by atoms with E-state index in [4.69, 9.17) is 10.00 Å². The Morgan fingerprint density at radius 1 is 1.21 bits per heavy atom. The molecule has 3 rings (SSSR count). The monoisotopic (exact) mass is 378 g/mol. The highest BCUT2D eigenvalue weighted by atomic mass is 16.5. The summed E-state index contributed by atoms with van der Waals surface area (Å²) in [6, 6.07) is 16.3. The van der Waals surface area contributed by atoms with Crippen LogP contribution in [0.4, 0.5) is 0 Å². The van der Waals surface area contributed by atoms with Gasteiger partial charge in [-0.25, -0.2) is 4.79 Å². The lowest BCUT2D eigenvalue weighted by molar-refractivity contribution is 0.0597. The van der Waals surface area contributed by atoms with Crippen LogP contribution in [-0.4, -0.2) is 35.5 Å². The van der Waals surface area contributed by atoms with Crippen LogP contribution in [0.5, 0.6) is 5.75 Å². The summed E-state index contributed by atoms with van der Waals surface area (Å²) in [5.74, 6) is -0.0849. The number of carbonyl (C=O) groups is 1. The maximum absolute atomic E-state index is 12.3. The summed E-state index contributed by atoms with van der Waals surface area (Å²) in [5, 5.41) is 21.4. The third-order valence-corrected chi connectivity index (χ3v) is 4.20. The predicted molar refractivity (Wildman–Crippen MR) is 102 cm³/mol. The fourth-order valence-corrected chi connectivity index (χ4v) is 2.81. The second-order valence-corrected chi connectivity index (χ2v) is 6.18. The molecule has 1 N–H and O–H groups in total. The number of methoxy groups -OCH3 is 1. The van der Waals surface area contributed by atoms with Crippen LogP contribution in [0.2, 0.25) is 0 Å². The molecule has 0 spiro atoms. The molecule has 0 fully saturated rings. The number of fused-ring (bicyclic) bond motifs is 1. The van der Waals surface area contributed by atoms with Gasteiger partial charge in [0, 0.05) is 6.20 Å². The van der Waals surface area contributed by atoms with E-state index in [-0.39, 0.29) is 24.3 Å². The molecule has 0 amide bonds. The fraction of sp³-hybridized carbons (Fsp3) is 0.190. The SMILES string of the molecule is COC(=O)c1cc(C#N)c(=O)n(CC(O)COc2ccc3ccccc3c2)c1. The third kappa shape index (κ3) is 4.19. The van der Waals surface area contributed by atoms with Gasteiger partial charge in [-0.1, -0.05) is 30.3 Å². The van der Waals surface area contributed by atoms with Crippen LogP contribution in [-0.2, 0) is 11.3 Å². The molecule has 1 atom stereocenters. The molecule has 1 unspecified atom stereocenters. The predicted octanol–water partition coefficient (Wildman–Crippen LogP) is 2.10. The molecular weight excluding hydrogens is 360 g/mol. The number of hydrogen-bond donors (Lipinski definition) is 1. The summed E-state index contributed by atoms with van der Waals surface area (Å²) in [4.78, 5) is 24.0. The molecule has 7 nitrogen and oxygen atoms in total. The summed E-state index contributed by atoms with van der Waals surface area (Å²) < 4.78 is 11.4. The molecule has 1 heterocycles. The Balaban J connectivity index is 1.73. The van der Waals surface area contributed by atoms with E-state index in [0.717, 1.165) is 15.3 Å². The van der Waals surface area contributed by atoms with Crippen LogP contribution in [0.15, 0.2) is 59.5 Å². The number of ether oxygens (including phenoxy) is 2. The zero-order chi connectivity index (χ0) is 20.1. The van der Waals surface area contributed by atoms with E-state index >= 15 is 0 Å². The van der Waals surface area contributed by atoms with Crippen molar-refractivity contribution in [2.45, 2.75) is 12.6 Å². The Labute approximate surface area is 161 Å². The van der Waals surface area contributed by atoms with Crippen molar-refractivity contribution < 1.29 is 19.4 Å². The summed E-state index contributed by atoms with van der Waals surface area (Å²) >= 11 is 0. The van der Waals surface area contributed by atoms with Gasteiger partial charge in [0.05, 0.1) is 19.2 Å². The highest BCUT2D eigenvalue weighted by molar-refractivity contribution is 5.89. The van der Waals surface area contributed by atoms with Gasteiger partial charge in [0.1, 0.15) is 30.1 Å². The number of aliphatic hydroxyl groups is 1. The molecule has 7 heteroatoms. The molecule has 0 bridgehead atoms. The Morgan fingerprint density at radius 2 is 1.96 bits per heavy atom. The molecule has 0 aliphatic rings. The Bertz CT molecular complexity index is 1110. The third-order valence-electron chi connectivity index (χ3n) is 4.20. The lowest BCUT2D eigenvalue weighted by atomic mass is 10.1. The van der Waals surface area contributed by atoms with Crippen molar-refractivity contribution in [3.8, 4) is 11.8 Å². The van der Waals surface area contributed by atoms with Crippen LogP contribution in [0.25, 0.3) is 10.8 Å². The number of rotatable bonds is 6. The van der Waals surface area contributed by atoms with Crippen molar-refractivity contribution in [2.75, 3.05) is 13.7 Å². The first kappa shape index (κ1) is 19.1. The number of carbonyl (C=O) groups excluding carboxylic acids is 1. The van der Waals surface area contributed by atoms with Crippen molar-refractivity contribution in [1.82, 2.24) is 4.57 Å². The number of nitrogens with zero attached hydrogens (tertiary/aromatic N) is 2. The summed E-state index contributed by atoms with van der Waals surface area (Å²) in [6.45, 7) is -0.193. The molecule has 0 radical (unpaired) electrons. The molecule has 0 saturated heterocycles. The van der Waals surface area contributed by atoms with Crippen LogP contribution in [0.3, 0.4) is 0 Å². The first-order valence-electron chi connectivity index (χ1n) is 8.54. The van der Waals surface area contributed by atoms with E-state index in [1.807, 2.05) is 36.4 Å². The first-order chi connectivity index (χ1) is 13.5. The Kier molecular flexibility index (Phi) is 5.72. The smallest absolute Gasteiger partial charge is 0.339 e. The molecular formula is C21H18N2O5. The van der Waals surface area contributed by atoms with E-state index < -0.39 is 17.6 Å². The molecule has 28 heavy (non-hydrogen) atoms. The largest absolute Gasteiger partial charge is 0.491 e. The van der Waals surface area contributed by atoms with Gasteiger partial charge in [0.25, 0.3) is 5.56 Å². The molecule has 2 aromatic carbocycles. The highest BCUT2D eigenvalue weighted by Gasteiger charge is 2.15. The van der Waals surface area contributed by atoms with Gasteiger partial charge < -0.3 is 19.1 Å². The quantitative estimate of drug-likeness (QED) is 0.659. The first-order valence-corrected chi connectivity index (χ1v) is 8.54. The average Bonchev–Trinajstić information content (AvgIpc) is 2.72.